The molecule has 9 nitrogen and oxygen atoms in total. The van der Waals surface area contributed by atoms with Crippen LogP contribution in [0.2, 0.25) is 0 Å². The first-order valence-corrected chi connectivity index (χ1v) is 13.5. The van der Waals surface area contributed by atoms with Crippen LogP contribution in [0.25, 0.3) is 22.6 Å². The molecule has 0 saturated carbocycles. The summed E-state index contributed by atoms with van der Waals surface area (Å²) in [5.41, 5.74) is 0.215. The number of alkyl halides is 3. The fraction of sp³-hybridized carbons (Fsp3) is 0.379. The van der Waals surface area contributed by atoms with Crippen LogP contribution in [-0.2, 0) is 24.1 Å². The van der Waals surface area contributed by atoms with Crippen LogP contribution in [-0.4, -0.2) is 38.2 Å². The molecular weight excluding hydrogens is 539 g/mol. The van der Waals surface area contributed by atoms with Crippen LogP contribution < -0.4 is 20.9 Å². The molecule has 1 aliphatic heterocycles. The molecule has 41 heavy (non-hydrogen) atoms. The molecule has 5 rings (SSSR count). The quantitative estimate of drug-likeness (QED) is 0.311. The Morgan fingerprint density at radius 3 is 2.24 bits per heavy atom. The van der Waals surface area contributed by atoms with Crippen molar-refractivity contribution in [2.75, 3.05) is 18.1 Å². The molecule has 0 aliphatic carbocycles. The van der Waals surface area contributed by atoms with Crippen molar-refractivity contribution in [2.24, 2.45) is 5.92 Å². The highest BCUT2D eigenvalue weighted by molar-refractivity contribution is 5.95. The van der Waals surface area contributed by atoms with Crippen molar-refractivity contribution in [3.63, 3.8) is 0 Å². The third-order valence-corrected chi connectivity index (χ3v) is 7.08. The number of nitrogens with one attached hydrogen (secondary N) is 1. The molecule has 0 spiro atoms. The van der Waals surface area contributed by atoms with Crippen molar-refractivity contribution in [1.29, 1.82) is 0 Å². The molecule has 1 fully saturated rings. The minimum Gasteiger partial charge on any atom is -0.493 e. The zero-order chi connectivity index (χ0) is 29.3. The number of aromatic amines is 1. The van der Waals surface area contributed by atoms with Crippen molar-refractivity contribution in [1.82, 2.24) is 19.1 Å². The van der Waals surface area contributed by atoms with Crippen molar-refractivity contribution >= 4 is 22.8 Å². The van der Waals surface area contributed by atoms with Crippen molar-refractivity contribution < 1.29 is 22.7 Å². The molecule has 0 bridgehead atoms. The van der Waals surface area contributed by atoms with Gasteiger partial charge in [-0.1, -0.05) is 13.8 Å². The number of fused-ring (bicyclic) bond motifs is 1. The van der Waals surface area contributed by atoms with E-state index in [0.717, 1.165) is 12.1 Å². The van der Waals surface area contributed by atoms with E-state index in [2.05, 4.69) is 9.97 Å². The number of imidazole rings is 1. The smallest absolute Gasteiger partial charge is 0.416 e. The first kappa shape index (κ1) is 28.2. The van der Waals surface area contributed by atoms with E-state index < -0.39 is 17.3 Å². The predicted octanol–water partition coefficient (Wildman–Crippen LogP) is 4.82. The molecule has 12 heteroatoms. The van der Waals surface area contributed by atoms with Crippen LogP contribution in [0.1, 0.15) is 38.7 Å². The Bertz CT molecular complexity index is 1670. The Morgan fingerprint density at radius 2 is 1.61 bits per heavy atom. The lowest BCUT2D eigenvalue weighted by atomic mass is 10.1. The monoisotopic (exact) mass is 569 g/mol. The molecule has 1 N–H and O–H groups in total. The third kappa shape index (κ3) is 5.63. The number of aryl methyl sites for hydroxylation is 1. The topological polar surface area (TPSA) is 102 Å². The van der Waals surface area contributed by atoms with Crippen LogP contribution in [0.5, 0.6) is 5.75 Å². The average molecular weight is 570 g/mol. The third-order valence-electron chi connectivity index (χ3n) is 7.08. The minimum absolute atomic E-state index is 0.125. The molecule has 2 aromatic heterocycles. The van der Waals surface area contributed by atoms with Gasteiger partial charge in [0.15, 0.2) is 5.65 Å². The van der Waals surface area contributed by atoms with Gasteiger partial charge in [-0.05, 0) is 61.4 Å². The minimum atomic E-state index is -4.43. The van der Waals surface area contributed by atoms with Crippen LogP contribution >= 0.6 is 0 Å². The number of carbonyl (C=O) groups is 1. The fourth-order valence-electron chi connectivity index (χ4n) is 5.05. The van der Waals surface area contributed by atoms with Gasteiger partial charge in [-0.25, -0.2) is 9.78 Å². The van der Waals surface area contributed by atoms with Gasteiger partial charge >= 0.3 is 11.9 Å². The lowest BCUT2D eigenvalue weighted by Gasteiger charge is -2.18. The number of amides is 1. The van der Waals surface area contributed by atoms with Gasteiger partial charge in [0.1, 0.15) is 17.1 Å². The van der Waals surface area contributed by atoms with E-state index in [1.165, 1.54) is 26.2 Å². The number of carbonyl (C=O) groups excluding carboxylic acids is 1. The van der Waals surface area contributed by atoms with Gasteiger partial charge in [-0.15, -0.1) is 0 Å². The normalized spacial score (nSPS) is 15.7. The Hall–Kier alpha value is -4.35. The Labute approximate surface area is 233 Å². The van der Waals surface area contributed by atoms with E-state index in [0.29, 0.717) is 60.9 Å². The summed E-state index contributed by atoms with van der Waals surface area (Å²) >= 11 is 0. The van der Waals surface area contributed by atoms with Gasteiger partial charge in [-0.2, -0.15) is 13.2 Å². The summed E-state index contributed by atoms with van der Waals surface area (Å²) in [7, 11) is 0. The summed E-state index contributed by atoms with van der Waals surface area (Å²) in [6.45, 7) is 5.22. The van der Waals surface area contributed by atoms with E-state index in [1.54, 1.807) is 24.3 Å². The first-order chi connectivity index (χ1) is 19.6. The number of H-pyrrole nitrogens is 1. The maximum Gasteiger partial charge on any atom is 0.416 e. The number of benzene rings is 2. The zero-order valence-electron chi connectivity index (χ0n) is 22.7. The van der Waals surface area contributed by atoms with Gasteiger partial charge < -0.3 is 14.6 Å². The lowest BCUT2D eigenvalue weighted by Crippen LogP contribution is -2.40. The Morgan fingerprint density at radius 1 is 0.951 bits per heavy atom. The number of ether oxygens (including phenoxy) is 1. The van der Waals surface area contributed by atoms with E-state index in [4.69, 9.17) is 4.74 Å². The second-order valence-electron chi connectivity index (χ2n) is 10.1. The summed E-state index contributed by atoms with van der Waals surface area (Å²) in [5.74, 6) is 0.729. The summed E-state index contributed by atoms with van der Waals surface area (Å²) < 4.78 is 47.2. The number of halogens is 3. The molecule has 216 valence electrons. The summed E-state index contributed by atoms with van der Waals surface area (Å²) in [6.07, 6.45) is -2.84. The van der Waals surface area contributed by atoms with Crippen LogP contribution in [0.15, 0.2) is 58.1 Å². The maximum atomic E-state index is 13.0. The molecule has 1 unspecified atom stereocenters. The second kappa shape index (κ2) is 11.3. The number of anilines is 1. The highest BCUT2D eigenvalue weighted by Gasteiger charge is 2.33. The molecule has 1 aliphatic rings. The number of rotatable bonds is 9. The van der Waals surface area contributed by atoms with E-state index in [-0.39, 0.29) is 36.1 Å². The standard InChI is InChI=1S/C29H30F3N5O4/c1-3-13-35-26-24(27(39)36(14-4-2)28(35)40)33-25(34-26)19-5-11-22(12-6-19)41-17-18-15-23(38)37(16-18)21-9-7-20(8-10-21)29(30,31)32/h5-12,18H,3-4,13-17H2,1-2H3,(H,33,34). The largest absolute Gasteiger partial charge is 0.493 e. The van der Waals surface area contributed by atoms with Crippen molar-refractivity contribution in [3.05, 3.63) is 74.9 Å². The highest BCUT2D eigenvalue weighted by atomic mass is 19.4. The lowest BCUT2D eigenvalue weighted by molar-refractivity contribution is -0.137. The van der Waals surface area contributed by atoms with Crippen LogP contribution in [0, 0.1) is 5.92 Å². The summed E-state index contributed by atoms with van der Waals surface area (Å²) in [4.78, 5) is 47.6. The summed E-state index contributed by atoms with van der Waals surface area (Å²) in [5, 5.41) is 0. The van der Waals surface area contributed by atoms with Crippen LogP contribution in [0.4, 0.5) is 18.9 Å². The van der Waals surface area contributed by atoms with Gasteiger partial charge in [0.2, 0.25) is 5.91 Å². The van der Waals surface area contributed by atoms with Crippen molar-refractivity contribution in [2.45, 2.75) is 52.4 Å². The second-order valence-corrected chi connectivity index (χ2v) is 10.1. The molecule has 3 heterocycles. The SMILES string of the molecule is CCCn1c(=O)c2[nH]c(-c3ccc(OCC4CC(=O)N(c5ccc(C(F)(F)F)cc5)C4)cc3)nc2n(CCC)c1=O. The fourth-order valence-corrected chi connectivity index (χ4v) is 5.05. The number of hydrogen-bond acceptors (Lipinski definition) is 5. The predicted molar refractivity (Wildman–Crippen MR) is 148 cm³/mol. The molecule has 1 atom stereocenters. The molecule has 1 saturated heterocycles. The van der Waals surface area contributed by atoms with Gasteiger partial charge in [0, 0.05) is 43.2 Å². The summed E-state index contributed by atoms with van der Waals surface area (Å²) in [6, 6.07) is 11.6. The Kier molecular flexibility index (Phi) is 7.74. The molecular formula is C29H30F3N5O4. The number of nitrogens with zero attached hydrogens (tertiary/aromatic N) is 4. The van der Waals surface area contributed by atoms with Gasteiger partial charge in [0.05, 0.1) is 12.2 Å². The molecule has 2 aromatic carbocycles. The number of aromatic nitrogens is 4. The van der Waals surface area contributed by atoms with E-state index in [9.17, 15) is 27.6 Å². The molecule has 1 amide bonds. The van der Waals surface area contributed by atoms with Crippen molar-refractivity contribution in [3.8, 4) is 17.1 Å². The molecule has 0 radical (unpaired) electrons. The Balaban J connectivity index is 1.28. The zero-order valence-corrected chi connectivity index (χ0v) is 22.7. The van der Waals surface area contributed by atoms with E-state index >= 15 is 0 Å². The molecule has 4 aromatic rings. The first-order valence-electron chi connectivity index (χ1n) is 13.5. The van der Waals surface area contributed by atoms with Gasteiger partial charge in [-0.3, -0.25) is 18.7 Å². The van der Waals surface area contributed by atoms with Crippen LogP contribution in [0.3, 0.4) is 0 Å². The van der Waals surface area contributed by atoms with E-state index in [1.807, 2.05) is 13.8 Å². The number of hydrogen-bond donors (Lipinski definition) is 1. The van der Waals surface area contributed by atoms with Gasteiger partial charge in [0.25, 0.3) is 5.56 Å². The maximum absolute atomic E-state index is 13.0. The average Bonchev–Trinajstić information content (AvgIpc) is 3.56. The highest BCUT2D eigenvalue weighted by Crippen LogP contribution is 2.32.